The number of likely N-dealkylation sites (N-methyl/N-ethyl adjacent to an activating group) is 1. The molecule has 0 saturated heterocycles. The molecule has 1 atom stereocenters. The molecule has 0 fully saturated rings. The zero-order valence-electron chi connectivity index (χ0n) is 14.7. The summed E-state index contributed by atoms with van der Waals surface area (Å²) in [6.07, 6.45) is -0.738. The van der Waals surface area contributed by atoms with Crippen LogP contribution in [0.2, 0.25) is 0 Å². The van der Waals surface area contributed by atoms with Crippen molar-refractivity contribution in [2.75, 3.05) is 19.6 Å². The van der Waals surface area contributed by atoms with E-state index in [2.05, 4.69) is 5.32 Å². The fraction of sp³-hybridized carbons (Fsp3) is 0.556. The summed E-state index contributed by atoms with van der Waals surface area (Å²) >= 11 is 0. The first-order chi connectivity index (χ1) is 10.6. The number of benzene rings is 1. The average molecular weight is 320 g/mol. The van der Waals surface area contributed by atoms with Gasteiger partial charge in [-0.05, 0) is 19.4 Å². The second kappa shape index (κ2) is 8.11. The SMILES string of the molecule is CCN(CC(O)c1ccc(C)cc1)C(=O)CNC(=O)C(C)(C)C. The van der Waals surface area contributed by atoms with Gasteiger partial charge in [0.1, 0.15) is 0 Å². The van der Waals surface area contributed by atoms with E-state index < -0.39 is 11.5 Å². The summed E-state index contributed by atoms with van der Waals surface area (Å²) in [6, 6.07) is 7.58. The molecule has 0 aliphatic carbocycles. The van der Waals surface area contributed by atoms with Crippen molar-refractivity contribution in [2.45, 2.75) is 40.7 Å². The number of hydrogen-bond acceptors (Lipinski definition) is 3. The van der Waals surface area contributed by atoms with Crippen LogP contribution in [0.25, 0.3) is 0 Å². The molecule has 2 N–H and O–H groups in total. The van der Waals surface area contributed by atoms with Gasteiger partial charge in [0.2, 0.25) is 11.8 Å². The van der Waals surface area contributed by atoms with Crippen LogP contribution in [-0.2, 0) is 9.59 Å². The predicted octanol–water partition coefficient (Wildman–Crippen LogP) is 2.04. The molecule has 23 heavy (non-hydrogen) atoms. The standard InChI is InChI=1S/C18H28N2O3/c1-6-20(16(22)11-19-17(23)18(3,4)5)12-15(21)14-9-7-13(2)8-10-14/h7-10,15,21H,6,11-12H2,1-5H3,(H,19,23). The number of aliphatic hydroxyl groups excluding tert-OH is 1. The van der Waals surface area contributed by atoms with Crippen molar-refractivity contribution >= 4 is 11.8 Å². The van der Waals surface area contributed by atoms with Gasteiger partial charge < -0.3 is 15.3 Å². The highest BCUT2D eigenvalue weighted by atomic mass is 16.3. The number of aryl methyl sites for hydroxylation is 1. The minimum Gasteiger partial charge on any atom is -0.387 e. The Kier molecular flexibility index (Phi) is 6.76. The van der Waals surface area contributed by atoms with Crippen molar-refractivity contribution in [1.29, 1.82) is 0 Å². The average Bonchev–Trinajstić information content (AvgIpc) is 2.49. The van der Waals surface area contributed by atoms with Crippen LogP contribution >= 0.6 is 0 Å². The van der Waals surface area contributed by atoms with E-state index >= 15 is 0 Å². The zero-order chi connectivity index (χ0) is 17.6. The van der Waals surface area contributed by atoms with E-state index in [1.807, 2.05) is 38.1 Å². The summed E-state index contributed by atoms with van der Waals surface area (Å²) in [7, 11) is 0. The number of carbonyl (C=O) groups excluding carboxylic acids is 2. The summed E-state index contributed by atoms with van der Waals surface area (Å²) in [4.78, 5) is 25.6. The Morgan fingerprint density at radius 3 is 2.26 bits per heavy atom. The van der Waals surface area contributed by atoms with Crippen LogP contribution in [0.15, 0.2) is 24.3 Å². The molecule has 2 amide bonds. The number of amides is 2. The van der Waals surface area contributed by atoms with E-state index in [1.54, 1.807) is 25.7 Å². The van der Waals surface area contributed by atoms with Gasteiger partial charge in [-0.25, -0.2) is 0 Å². The Labute approximate surface area is 138 Å². The monoisotopic (exact) mass is 320 g/mol. The summed E-state index contributed by atoms with van der Waals surface area (Å²) in [5.41, 5.74) is 1.37. The highest BCUT2D eigenvalue weighted by molar-refractivity contribution is 5.87. The van der Waals surface area contributed by atoms with Gasteiger partial charge in [-0.2, -0.15) is 0 Å². The van der Waals surface area contributed by atoms with Crippen molar-refractivity contribution in [3.05, 3.63) is 35.4 Å². The third-order valence-corrected chi connectivity index (χ3v) is 3.67. The highest BCUT2D eigenvalue weighted by Gasteiger charge is 2.23. The Bertz CT molecular complexity index is 532. The van der Waals surface area contributed by atoms with Crippen LogP contribution in [0.1, 0.15) is 44.9 Å². The Hall–Kier alpha value is -1.88. The van der Waals surface area contributed by atoms with Gasteiger partial charge in [0.05, 0.1) is 19.2 Å². The highest BCUT2D eigenvalue weighted by Crippen LogP contribution is 2.15. The number of hydrogen-bond donors (Lipinski definition) is 2. The van der Waals surface area contributed by atoms with E-state index in [0.717, 1.165) is 11.1 Å². The van der Waals surface area contributed by atoms with Gasteiger partial charge in [-0.3, -0.25) is 9.59 Å². The molecule has 0 aliphatic heterocycles. The summed E-state index contributed by atoms with van der Waals surface area (Å²) in [5, 5.41) is 12.9. The van der Waals surface area contributed by atoms with Crippen molar-refractivity contribution in [1.82, 2.24) is 10.2 Å². The lowest BCUT2D eigenvalue weighted by atomic mass is 9.96. The molecule has 5 heteroatoms. The molecular formula is C18H28N2O3. The largest absolute Gasteiger partial charge is 0.387 e. The number of nitrogens with zero attached hydrogens (tertiary/aromatic N) is 1. The molecule has 0 aliphatic rings. The number of carbonyl (C=O) groups is 2. The lowest BCUT2D eigenvalue weighted by molar-refractivity contribution is -0.136. The van der Waals surface area contributed by atoms with Crippen molar-refractivity contribution in [3.8, 4) is 0 Å². The van der Waals surface area contributed by atoms with Crippen LogP contribution in [-0.4, -0.2) is 41.5 Å². The summed E-state index contributed by atoms with van der Waals surface area (Å²) in [5.74, 6) is -0.364. The molecular weight excluding hydrogens is 292 g/mol. The Morgan fingerprint density at radius 1 is 1.22 bits per heavy atom. The van der Waals surface area contributed by atoms with Crippen molar-refractivity contribution in [3.63, 3.8) is 0 Å². The fourth-order valence-corrected chi connectivity index (χ4v) is 2.04. The molecule has 0 radical (unpaired) electrons. The zero-order valence-corrected chi connectivity index (χ0v) is 14.7. The quantitative estimate of drug-likeness (QED) is 0.843. The molecule has 0 heterocycles. The molecule has 1 aromatic carbocycles. The first-order valence-corrected chi connectivity index (χ1v) is 7.96. The van der Waals surface area contributed by atoms with Gasteiger partial charge >= 0.3 is 0 Å². The number of nitrogens with one attached hydrogen (secondary N) is 1. The molecule has 5 nitrogen and oxygen atoms in total. The molecule has 128 valence electrons. The molecule has 0 bridgehead atoms. The van der Waals surface area contributed by atoms with Crippen molar-refractivity contribution in [2.24, 2.45) is 5.41 Å². The van der Waals surface area contributed by atoms with Crippen LogP contribution in [0.3, 0.4) is 0 Å². The molecule has 0 aromatic heterocycles. The van der Waals surface area contributed by atoms with E-state index in [1.165, 1.54) is 0 Å². The number of aliphatic hydroxyl groups is 1. The topological polar surface area (TPSA) is 69.6 Å². The van der Waals surface area contributed by atoms with Gasteiger partial charge in [-0.1, -0.05) is 50.6 Å². The van der Waals surface area contributed by atoms with Gasteiger partial charge in [0.25, 0.3) is 0 Å². The first kappa shape index (κ1) is 19.2. The second-order valence-corrected chi connectivity index (χ2v) is 6.79. The third kappa shape index (κ3) is 6.02. The lowest BCUT2D eigenvalue weighted by Crippen LogP contribution is -2.44. The van der Waals surface area contributed by atoms with Crippen LogP contribution in [0.4, 0.5) is 0 Å². The molecule has 1 rings (SSSR count). The van der Waals surface area contributed by atoms with Gasteiger partial charge in [0, 0.05) is 12.0 Å². The number of rotatable bonds is 6. The smallest absolute Gasteiger partial charge is 0.242 e. The molecule has 1 unspecified atom stereocenters. The summed E-state index contributed by atoms with van der Waals surface area (Å²) < 4.78 is 0. The van der Waals surface area contributed by atoms with Gasteiger partial charge in [0.15, 0.2) is 0 Å². The van der Waals surface area contributed by atoms with E-state index in [4.69, 9.17) is 0 Å². The molecule has 1 aromatic rings. The maximum Gasteiger partial charge on any atom is 0.242 e. The molecule has 0 spiro atoms. The lowest BCUT2D eigenvalue weighted by Gasteiger charge is -2.25. The maximum absolute atomic E-state index is 12.2. The second-order valence-electron chi connectivity index (χ2n) is 6.79. The van der Waals surface area contributed by atoms with Crippen molar-refractivity contribution < 1.29 is 14.7 Å². The maximum atomic E-state index is 12.2. The molecule has 0 saturated carbocycles. The van der Waals surface area contributed by atoms with E-state index in [-0.39, 0.29) is 24.9 Å². The van der Waals surface area contributed by atoms with Crippen LogP contribution in [0, 0.1) is 12.3 Å². The Balaban J connectivity index is 2.60. The van der Waals surface area contributed by atoms with Crippen LogP contribution in [0.5, 0.6) is 0 Å². The first-order valence-electron chi connectivity index (χ1n) is 7.96. The predicted molar refractivity (Wildman–Crippen MR) is 90.9 cm³/mol. The minimum absolute atomic E-state index is 0.0510. The van der Waals surface area contributed by atoms with E-state index in [0.29, 0.717) is 6.54 Å². The normalized spacial score (nSPS) is 12.6. The van der Waals surface area contributed by atoms with Gasteiger partial charge in [-0.15, -0.1) is 0 Å². The van der Waals surface area contributed by atoms with Crippen LogP contribution < -0.4 is 5.32 Å². The van der Waals surface area contributed by atoms with E-state index in [9.17, 15) is 14.7 Å². The Morgan fingerprint density at radius 2 is 1.78 bits per heavy atom. The summed E-state index contributed by atoms with van der Waals surface area (Å²) in [6.45, 7) is 9.87. The fourth-order valence-electron chi connectivity index (χ4n) is 2.04. The third-order valence-electron chi connectivity index (χ3n) is 3.67. The minimum atomic E-state index is -0.738.